The second kappa shape index (κ2) is 5.88. The highest BCUT2D eigenvalue weighted by molar-refractivity contribution is 6.32. The lowest BCUT2D eigenvalue weighted by Crippen LogP contribution is -1.99. The number of nitro groups is 1. The predicted octanol–water partition coefficient (Wildman–Crippen LogP) is 3.95. The number of aromatic nitrogens is 1. The quantitative estimate of drug-likeness (QED) is 0.485. The highest BCUT2D eigenvalue weighted by Crippen LogP contribution is 2.35. The van der Waals surface area contributed by atoms with Gasteiger partial charge >= 0.3 is 5.69 Å². The summed E-state index contributed by atoms with van der Waals surface area (Å²) in [5.41, 5.74) is 0.643. The number of carbonyl (C=O) groups excluding carboxylic acids is 1. The molecule has 2 aromatic rings. The minimum absolute atomic E-state index is 0.136. The Balaban J connectivity index is 2.42. The maximum atomic E-state index is 11.3. The van der Waals surface area contributed by atoms with Crippen LogP contribution in [0.4, 0.5) is 5.69 Å². The van der Waals surface area contributed by atoms with Gasteiger partial charge in [-0.15, -0.1) is 0 Å². The molecule has 1 aromatic heterocycles. The van der Waals surface area contributed by atoms with E-state index in [0.717, 1.165) is 0 Å². The fourth-order valence-corrected chi connectivity index (χ4v) is 1.95. The Kier molecular flexibility index (Phi) is 4.18. The summed E-state index contributed by atoms with van der Waals surface area (Å²) in [7, 11) is 0. The smallest absolute Gasteiger partial charge is 0.334 e. The van der Waals surface area contributed by atoms with Gasteiger partial charge in [-0.3, -0.25) is 14.9 Å². The molecule has 0 atom stereocenters. The van der Waals surface area contributed by atoms with Crippen molar-refractivity contribution in [1.29, 1.82) is 0 Å². The van der Waals surface area contributed by atoms with Gasteiger partial charge < -0.3 is 4.74 Å². The molecule has 0 saturated carbocycles. The zero-order chi connectivity index (χ0) is 15.6. The fraction of sp³-hybridized carbons (Fsp3) is 0.143. The SMILES string of the molecule is CC(=O)c1ccc(Oc2nccc(C)c2[N+](=O)[O-])c(Cl)c1. The highest BCUT2D eigenvalue weighted by Gasteiger charge is 2.21. The van der Waals surface area contributed by atoms with E-state index in [1.54, 1.807) is 6.92 Å². The maximum Gasteiger partial charge on any atom is 0.334 e. The van der Waals surface area contributed by atoms with Crippen LogP contribution in [0, 0.1) is 17.0 Å². The monoisotopic (exact) mass is 306 g/mol. The van der Waals surface area contributed by atoms with Crippen LogP contribution in [-0.2, 0) is 0 Å². The van der Waals surface area contributed by atoms with E-state index >= 15 is 0 Å². The molecule has 2 rings (SSSR count). The molecule has 0 spiro atoms. The van der Waals surface area contributed by atoms with Crippen molar-refractivity contribution >= 4 is 23.1 Å². The van der Waals surface area contributed by atoms with Crippen molar-refractivity contribution in [3.8, 4) is 11.6 Å². The summed E-state index contributed by atoms with van der Waals surface area (Å²) in [4.78, 5) is 25.6. The molecule has 0 amide bonds. The Bertz CT molecular complexity index is 731. The average molecular weight is 307 g/mol. The Hall–Kier alpha value is -2.47. The third-order valence-electron chi connectivity index (χ3n) is 2.82. The molecule has 0 unspecified atom stereocenters. The average Bonchev–Trinajstić information content (AvgIpc) is 2.40. The first-order valence-electron chi connectivity index (χ1n) is 5.98. The number of Topliss-reactive ketones (excluding diaryl/α,β-unsaturated/α-hetero) is 1. The number of nitrogens with zero attached hydrogens (tertiary/aromatic N) is 2. The van der Waals surface area contributed by atoms with E-state index < -0.39 is 4.92 Å². The molecule has 0 fully saturated rings. The lowest BCUT2D eigenvalue weighted by atomic mass is 10.1. The van der Waals surface area contributed by atoms with Crippen LogP contribution in [0.1, 0.15) is 22.8 Å². The molecule has 7 heteroatoms. The van der Waals surface area contributed by atoms with Crippen molar-refractivity contribution in [1.82, 2.24) is 4.98 Å². The minimum atomic E-state index is -0.560. The third kappa shape index (κ3) is 3.17. The van der Waals surface area contributed by atoms with Gasteiger partial charge in [0.15, 0.2) is 5.78 Å². The van der Waals surface area contributed by atoms with Crippen molar-refractivity contribution in [2.45, 2.75) is 13.8 Å². The van der Waals surface area contributed by atoms with Crippen molar-refractivity contribution in [2.75, 3.05) is 0 Å². The topological polar surface area (TPSA) is 82.3 Å². The van der Waals surface area contributed by atoms with Crippen molar-refractivity contribution in [3.05, 3.63) is 56.7 Å². The Morgan fingerprint density at radius 2 is 2.10 bits per heavy atom. The molecule has 6 nitrogen and oxygen atoms in total. The van der Waals surface area contributed by atoms with Crippen LogP contribution < -0.4 is 4.74 Å². The Labute approximate surface area is 125 Å². The summed E-state index contributed by atoms with van der Waals surface area (Å²) in [6.45, 7) is 3.01. The molecular weight excluding hydrogens is 296 g/mol. The summed E-state index contributed by atoms with van der Waals surface area (Å²) in [6.07, 6.45) is 1.41. The standard InChI is InChI=1S/C14H11ClN2O4/c1-8-5-6-16-14(13(8)17(19)20)21-12-4-3-10(9(2)18)7-11(12)15/h3-7H,1-2H3. The van der Waals surface area contributed by atoms with E-state index in [9.17, 15) is 14.9 Å². The van der Waals surface area contributed by atoms with E-state index in [-0.39, 0.29) is 28.1 Å². The molecule has 0 bridgehead atoms. The predicted molar refractivity (Wildman–Crippen MR) is 77.2 cm³/mol. The molecule has 0 saturated heterocycles. The maximum absolute atomic E-state index is 11.3. The number of ether oxygens (including phenoxy) is 1. The minimum Gasteiger partial charge on any atom is -0.432 e. The van der Waals surface area contributed by atoms with Gasteiger partial charge in [0.1, 0.15) is 5.75 Å². The summed E-state index contributed by atoms with van der Waals surface area (Å²) < 4.78 is 5.42. The molecule has 1 heterocycles. The first kappa shape index (κ1) is 14.9. The second-order valence-electron chi connectivity index (χ2n) is 4.34. The Morgan fingerprint density at radius 3 is 2.67 bits per heavy atom. The molecule has 0 N–H and O–H groups in total. The number of aryl methyl sites for hydroxylation is 1. The Morgan fingerprint density at radius 1 is 1.38 bits per heavy atom. The van der Waals surface area contributed by atoms with Crippen molar-refractivity contribution < 1.29 is 14.5 Å². The van der Waals surface area contributed by atoms with Crippen LogP contribution in [0.15, 0.2) is 30.5 Å². The first-order chi connectivity index (χ1) is 9.90. The zero-order valence-corrected chi connectivity index (χ0v) is 12.0. The van der Waals surface area contributed by atoms with Gasteiger partial charge in [0.2, 0.25) is 0 Å². The van der Waals surface area contributed by atoms with E-state index in [1.807, 2.05) is 0 Å². The normalized spacial score (nSPS) is 10.2. The van der Waals surface area contributed by atoms with Crippen LogP contribution in [-0.4, -0.2) is 15.7 Å². The third-order valence-corrected chi connectivity index (χ3v) is 3.12. The van der Waals surface area contributed by atoms with Crippen LogP contribution in [0.2, 0.25) is 5.02 Å². The van der Waals surface area contributed by atoms with E-state index in [4.69, 9.17) is 16.3 Å². The summed E-state index contributed by atoms with van der Waals surface area (Å²) in [5.74, 6) is -0.0801. The number of halogens is 1. The molecule has 0 aliphatic heterocycles. The van der Waals surface area contributed by atoms with Crippen molar-refractivity contribution in [3.63, 3.8) is 0 Å². The number of hydrogen-bond donors (Lipinski definition) is 0. The number of benzene rings is 1. The molecule has 1 aromatic carbocycles. The van der Waals surface area contributed by atoms with Gasteiger partial charge in [-0.25, -0.2) is 4.98 Å². The highest BCUT2D eigenvalue weighted by atomic mass is 35.5. The molecule has 108 valence electrons. The van der Waals surface area contributed by atoms with Gasteiger partial charge in [0, 0.05) is 17.3 Å². The summed E-state index contributed by atoms with van der Waals surface area (Å²) >= 11 is 6.02. The van der Waals surface area contributed by atoms with E-state index in [1.165, 1.54) is 37.4 Å². The van der Waals surface area contributed by atoms with Gasteiger partial charge in [-0.05, 0) is 38.1 Å². The van der Waals surface area contributed by atoms with Gasteiger partial charge in [0.05, 0.1) is 9.95 Å². The van der Waals surface area contributed by atoms with E-state index in [0.29, 0.717) is 11.1 Å². The first-order valence-corrected chi connectivity index (χ1v) is 6.36. The van der Waals surface area contributed by atoms with Crippen molar-refractivity contribution in [2.24, 2.45) is 0 Å². The lowest BCUT2D eigenvalue weighted by molar-refractivity contribution is -0.386. The van der Waals surface area contributed by atoms with Crippen LogP contribution in [0.5, 0.6) is 11.6 Å². The van der Waals surface area contributed by atoms with E-state index in [2.05, 4.69) is 4.98 Å². The number of ketones is 1. The molecular formula is C14H11ClN2O4. The number of pyridine rings is 1. The number of carbonyl (C=O) groups is 1. The summed E-state index contributed by atoms with van der Waals surface area (Å²) in [6, 6.07) is 5.98. The van der Waals surface area contributed by atoms with Gasteiger partial charge in [-0.1, -0.05) is 11.6 Å². The largest absolute Gasteiger partial charge is 0.432 e. The fourth-order valence-electron chi connectivity index (χ4n) is 1.73. The molecule has 21 heavy (non-hydrogen) atoms. The molecule has 0 radical (unpaired) electrons. The number of rotatable bonds is 4. The van der Waals surface area contributed by atoms with Gasteiger partial charge in [0.25, 0.3) is 5.88 Å². The van der Waals surface area contributed by atoms with Crippen LogP contribution in [0.3, 0.4) is 0 Å². The number of hydrogen-bond acceptors (Lipinski definition) is 5. The summed E-state index contributed by atoms with van der Waals surface area (Å²) in [5, 5.41) is 11.2. The molecule has 0 aliphatic rings. The molecule has 0 aliphatic carbocycles. The van der Waals surface area contributed by atoms with Crippen LogP contribution in [0.25, 0.3) is 0 Å². The zero-order valence-electron chi connectivity index (χ0n) is 11.3. The van der Waals surface area contributed by atoms with Crippen LogP contribution >= 0.6 is 11.6 Å². The lowest BCUT2D eigenvalue weighted by Gasteiger charge is -2.08. The van der Waals surface area contributed by atoms with Gasteiger partial charge in [-0.2, -0.15) is 0 Å². The second-order valence-corrected chi connectivity index (χ2v) is 4.75.